The van der Waals surface area contributed by atoms with Crippen LogP contribution in [0, 0.1) is 61.6 Å². The lowest BCUT2D eigenvalue weighted by molar-refractivity contribution is -0.149. The van der Waals surface area contributed by atoms with E-state index in [1.165, 1.54) is 4.90 Å². The minimum absolute atomic E-state index is 0.116. The third-order valence-corrected chi connectivity index (χ3v) is 19.5. The number of imide groups is 1. The van der Waals surface area contributed by atoms with Gasteiger partial charge in [0.2, 0.25) is 25.3 Å². The molecular weight excluding hydrogens is 1110 g/mol. The van der Waals surface area contributed by atoms with E-state index in [4.69, 9.17) is 80.1 Å². The van der Waals surface area contributed by atoms with Gasteiger partial charge in [0.05, 0.1) is 17.5 Å². The summed E-state index contributed by atoms with van der Waals surface area (Å²) in [5.41, 5.74) is 5.60. The smallest absolute Gasteiger partial charge is 0.307 e. The van der Waals surface area contributed by atoms with E-state index in [0.29, 0.717) is 30.7 Å². The highest BCUT2D eigenvalue weighted by molar-refractivity contribution is 6.67. The molecule has 0 aliphatic carbocycles. The normalized spacial score (nSPS) is 17.8. The van der Waals surface area contributed by atoms with Crippen molar-refractivity contribution >= 4 is 111 Å². The number of halogens is 6. The lowest BCUT2D eigenvalue weighted by Crippen LogP contribution is -2.51. The van der Waals surface area contributed by atoms with Crippen LogP contribution in [0.15, 0.2) is 78.9 Å². The van der Waals surface area contributed by atoms with Gasteiger partial charge in [0.25, 0.3) is 0 Å². The van der Waals surface area contributed by atoms with Crippen LogP contribution in [0.1, 0.15) is 170 Å². The van der Waals surface area contributed by atoms with E-state index in [0.717, 1.165) is 16.7 Å². The van der Waals surface area contributed by atoms with Gasteiger partial charge in [-0.15, -0.1) is 0 Å². The van der Waals surface area contributed by atoms with Gasteiger partial charge in [0.15, 0.2) is 17.5 Å². The largest absolute Gasteiger partial charge is 0.489 e. The van der Waals surface area contributed by atoms with Gasteiger partial charge in [-0.25, -0.2) is 15.0 Å². The highest BCUT2D eigenvalue weighted by Gasteiger charge is 2.59. The summed E-state index contributed by atoms with van der Waals surface area (Å²) in [4.78, 5) is 69.1. The van der Waals surface area contributed by atoms with Gasteiger partial charge < -0.3 is 15.6 Å². The number of hydrogen-bond donors (Lipinski definition) is 2. The van der Waals surface area contributed by atoms with E-state index in [-0.39, 0.29) is 41.8 Å². The average Bonchev–Trinajstić information content (AvgIpc) is 3.56. The first kappa shape index (κ1) is 64.8. The lowest BCUT2D eigenvalue weighted by Gasteiger charge is -2.55. The van der Waals surface area contributed by atoms with Crippen molar-refractivity contribution < 1.29 is 29.0 Å². The molecule has 1 saturated heterocycles. The first-order valence-electron chi connectivity index (χ1n) is 26.3. The Morgan fingerprint density at radius 1 is 0.641 bits per heavy atom. The molecule has 11 nitrogen and oxygen atoms in total. The number of amides is 3. The van der Waals surface area contributed by atoms with Crippen molar-refractivity contribution in [2.75, 3.05) is 4.90 Å². The molecule has 2 heterocycles. The standard InChI is InChI=1S/C61H79Cl6N5O6/c1-36-46(49(75)72(48(36)74)40-20-18-17-19-21-40)59(15,16)56(9,10)32-42(57(11,12)54(5,6)33-43(47(68)73)58(13,14)55(7,8)34-44(50(76)77)53(2,3)4)39-27-22-38(23-28-39)35-78-41-29-24-37(25-30-41)26-31-45-69-51(60(62,63)64)71-52(70-45)61(65,66)67/h17-31,36,42-44,46H,32-35H2,1-16H3,(H2,68,73)(H,76,77)/b31-26+. The fourth-order valence-corrected chi connectivity index (χ4v) is 11.6. The van der Waals surface area contributed by atoms with Crippen molar-refractivity contribution in [3.05, 3.63) is 113 Å². The highest BCUT2D eigenvalue weighted by atomic mass is 35.6. The van der Waals surface area contributed by atoms with Crippen LogP contribution < -0.4 is 15.4 Å². The summed E-state index contributed by atoms with van der Waals surface area (Å²) in [7, 11) is 0. The Hall–Kier alpha value is -3.97. The van der Waals surface area contributed by atoms with Crippen molar-refractivity contribution in [3.63, 3.8) is 0 Å². The van der Waals surface area contributed by atoms with Crippen LogP contribution in [0.25, 0.3) is 12.2 Å². The van der Waals surface area contributed by atoms with E-state index < -0.39 is 81.0 Å². The number of hydrogen-bond acceptors (Lipinski definition) is 8. The fraction of sp³-hybridized carbons (Fsp3) is 0.557. The number of nitrogens with zero attached hydrogens (tertiary/aromatic N) is 4. The Labute approximate surface area is 493 Å². The topological polar surface area (TPSA) is 166 Å². The third kappa shape index (κ3) is 14.2. The predicted molar refractivity (Wildman–Crippen MR) is 319 cm³/mol. The zero-order valence-corrected chi connectivity index (χ0v) is 52.5. The first-order chi connectivity index (χ1) is 35.5. The molecular formula is C61H79Cl6N5O6. The van der Waals surface area contributed by atoms with Crippen LogP contribution in [0.4, 0.5) is 5.69 Å². The van der Waals surface area contributed by atoms with E-state index in [9.17, 15) is 24.3 Å². The Kier molecular flexibility index (Phi) is 19.5. The van der Waals surface area contributed by atoms with Gasteiger partial charge in [-0.3, -0.25) is 24.1 Å². The van der Waals surface area contributed by atoms with Crippen molar-refractivity contribution in [2.24, 2.45) is 67.3 Å². The number of nitrogens with two attached hydrogens (primary N) is 1. The monoisotopic (exact) mass is 1190 g/mol. The van der Waals surface area contributed by atoms with E-state index in [1.54, 1.807) is 24.3 Å². The molecule has 1 aromatic heterocycles. The van der Waals surface area contributed by atoms with E-state index in [1.807, 2.05) is 70.2 Å². The van der Waals surface area contributed by atoms with Gasteiger partial charge in [-0.2, -0.15) is 0 Å². The summed E-state index contributed by atoms with van der Waals surface area (Å²) in [5.74, 6) is -3.96. The predicted octanol–water partition coefficient (Wildman–Crippen LogP) is 16.4. The molecule has 78 heavy (non-hydrogen) atoms. The number of primary amides is 1. The third-order valence-electron chi connectivity index (χ3n) is 18.4. The Morgan fingerprint density at radius 2 is 1.14 bits per heavy atom. The zero-order chi connectivity index (χ0) is 59.2. The summed E-state index contributed by atoms with van der Waals surface area (Å²) in [6.45, 7) is 33.7. The maximum absolute atomic E-state index is 14.6. The molecule has 3 N–H and O–H groups in total. The summed E-state index contributed by atoms with van der Waals surface area (Å²) >= 11 is 36.3. The van der Waals surface area contributed by atoms with Gasteiger partial charge >= 0.3 is 5.97 Å². The molecule has 0 bridgehead atoms. The summed E-state index contributed by atoms with van der Waals surface area (Å²) in [6, 6.07) is 24.9. The Morgan fingerprint density at radius 3 is 1.62 bits per heavy atom. The summed E-state index contributed by atoms with van der Waals surface area (Å²) < 4.78 is 2.32. The number of benzene rings is 3. The number of aromatic nitrogens is 3. The second kappa shape index (κ2) is 23.5. The van der Waals surface area contributed by atoms with Gasteiger partial charge in [0, 0.05) is 11.8 Å². The number of aliphatic carboxylic acids is 1. The SMILES string of the molecule is CC1C(=O)N(c2ccccc2)C(=O)C1C(C)(C)C(C)(C)CC(c1ccc(COc2ccc(/C=C/c3nc(C(Cl)(Cl)Cl)nc(C(Cl)(Cl)Cl)n3)cc2)cc1)C(C)(C)C(C)(C)CC(C(N)=O)C(C)(C)C(C)(C)CC(C(=O)O)C(C)(C)C. The van der Waals surface area contributed by atoms with Crippen LogP contribution in [-0.4, -0.2) is 43.7 Å². The molecule has 3 amide bonds. The number of ether oxygens (including phenoxy) is 1. The van der Waals surface area contributed by atoms with Crippen molar-refractivity contribution in [3.8, 4) is 5.75 Å². The number of carboxylic acids is 1. The van der Waals surface area contributed by atoms with Crippen LogP contribution in [0.3, 0.4) is 0 Å². The van der Waals surface area contributed by atoms with E-state index in [2.05, 4.69) is 122 Å². The molecule has 4 aromatic rings. The maximum Gasteiger partial charge on any atom is 0.307 e. The highest BCUT2D eigenvalue weighted by Crippen LogP contribution is 2.62. The molecule has 1 aliphatic heterocycles. The van der Waals surface area contributed by atoms with Crippen molar-refractivity contribution in [1.29, 1.82) is 0 Å². The Bertz CT molecular complexity index is 2800. The van der Waals surface area contributed by atoms with Gasteiger partial charge in [0.1, 0.15) is 12.4 Å². The number of alkyl halides is 6. The molecule has 426 valence electrons. The molecule has 0 spiro atoms. The number of carboxylic acid groups (broad SMARTS) is 1. The van der Waals surface area contributed by atoms with Crippen LogP contribution in [-0.2, 0) is 33.4 Å². The first-order valence-corrected chi connectivity index (χ1v) is 28.6. The fourth-order valence-electron chi connectivity index (χ4n) is 11.1. The minimum Gasteiger partial charge on any atom is -0.489 e. The number of rotatable bonds is 21. The van der Waals surface area contributed by atoms with Crippen LogP contribution in [0.2, 0.25) is 0 Å². The summed E-state index contributed by atoms with van der Waals surface area (Å²) in [6.07, 6.45) is 4.71. The molecule has 5 unspecified atom stereocenters. The average molecular weight is 1190 g/mol. The maximum atomic E-state index is 14.6. The summed E-state index contributed by atoms with van der Waals surface area (Å²) in [5, 5.41) is 10.4. The van der Waals surface area contributed by atoms with Crippen LogP contribution >= 0.6 is 69.6 Å². The second-order valence-corrected chi connectivity index (χ2v) is 30.6. The zero-order valence-electron chi connectivity index (χ0n) is 48.0. The molecule has 1 fully saturated rings. The molecule has 5 rings (SSSR count). The number of carbonyl (C=O) groups is 4. The number of carbonyl (C=O) groups excluding carboxylic acids is 3. The molecule has 1 aliphatic rings. The molecule has 3 aromatic carbocycles. The second-order valence-electron chi connectivity index (χ2n) is 26.1. The Balaban J connectivity index is 1.48. The molecule has 17 heteroatoms. The van der Waals surface area contributed by atoms with Crippen molar-refractivity contribution in [1.82, 2.24) is 15.0 Å². The minimum atomic E-state index is -1.98. The molecule has 0 radical (unpaired) electrons. The van der Waals surface area contributed by atoms with Gasteiger partial charge in [-0.1, -0.05) is 241 Å². The van der Waals surface area contributed by atoms with E-state index >= 15 is 0 Å². The molecule has 5 atom stereocenters. The van der Waals surface area contributed by atoms with Crippen molar-refractivity contribution in [2.45, 2.75) is 150 Å². The van der Waals surface area contributed by atoms with Crippen LogP contribution in [0.5, 0.6) is 5.75 Å². The quantitative estimate of drug-likeness (QED) is 0.0610. The van der Waals surface area contributed by atoms with Gasteiger partial charge in [-0.05, 0) is 110 Å². The number of anilines is 1. The lowest BCUT2D eigenvalue weighted by atomic mass is 9.48. The number of para-hydroxylation sites is 1. The molecule has 0 saturated carbocycles.